The van der Waals surface area contributed by atoms with Crippen LogP contribution in [0.3, 0.4) is 0 Å². The first-order chi connectivity index (χ1) is 31.2. The highest BCUT2D eigenvalue weighted by Gasteiger charge is 2.18. The number of para-hydroxylation sites is 3. The van der Waals surface area contributed by atoms with E-state index >= 15 is 0 Å². The minimum atomic E-state index is 0.818. The van der Waals surface area contributed by atoms with Crippen LogP contribution in [-0.2, 0) is 0 Å². The molecular weight excluding hydrogens is 775 g/mol. The van der Waals surface area contributed by atoms with Gasteiger partial charge in [0.2, 0.25) is 0 Å². The molecule has 0 saturated heterocycles. The van der Waals surface area contributed by atoms with Crippen molar-refractivity contribution in [3.05, 3.63) is 201 Å². The van der Waals surface area contributed by atoms with Crippen molar-refractivity contribution < 1.29 is 0 Å². The first-order valence-electron chi connectivity index (χ1n) is 20.8. The Labute approximate surface area is 359 Å². The second-order valence-corrected chi connectivity index (χ2v) is 15.7. The van der Waals surface area contributed by atoms with E-state index in [1.54, 1.807) is 0 Å². The van der Waals surface area contributed by atoms with Gasteiger partial charge in [-0.25, -0.2) is 15.0 Å². The van der Waals surface area contributed by atoms with Crippen LogP contribution < -0.4 is 0 Å². The molecule has 63 heavy (non-hydrogen) atoms. The highest BCUT2D eigenvalue weighted by atomic mass is 15.1. The topological polar surface area (TPSA) is 92.1 Å². The van der Waals surface area contributed by atoms with E-state index in [0.717, 1.165) is 117 Å². The Morgan fingerprint density at radius 2 is 0.571 bits per heavy atom. The lowest BCUT2D eigenvalue weighted by atomic mass is 9.98. The first-order valence-corrected chi connectivity index (χ1v) is 20.8. The third-order valence-corrected chi connectivity index (χ3v) is 12.1. The molecule has 0 bridgehead atoms. The Kier molecular flexibility index (Phi) is 7.70. The van der Waals surface area contributed by atoms with E-state index in [-0.39, 0.29) is 0 Å². The maximum atomic E-state index is 5.39. The van der Waals surface area contributed by atoms with Gasteiger partial charge in [0, 0.05) is 86.2 Å². The van der Waals surface area contributed by atoms with Gasteiger partial charge >= 0.3 is 0 Å². The molecule has 9 aromatic heterocycles. The molecule has 13 aromatic rings. The van der Waals surface area contributed by atoms with Crippen molar-refractivity contribution in [2.45, 2.75) is 0 Å². The summed E-state index contributed by atoms with van der Waals surface area (Å²) in [6.45, 7) is 0. The molecule has 9 heteroatoms. The van der Waals surface area contributed by atoms with Crippen molar-refractivity contribution in [3.63, 3.8) is 0 Å². The van der Waals surface area contributed by atoms with Crippen molar-refractivity contribution in [2.75, 3.05) is 0 Å². The van der Waals surface area contributed by atoms with Gasteiger partial charge in [0.15, 0.2) is 0 Å². The van der Waals surface area contributed by atoms with Crippen LogP contribution in [0.15, 0.2) is 201 Å². The molecule has 0 N–H and O–H groups in total. The van der Waals surface area contributed by atoms with Gasteiger partial charge in [-0.15, -0.1) is 0 Å². The number of aromatic nitrogens is 9. The predicted molar refractivity (Wildman–Crippen MR) is 253 cm³/mol. The summed E-state index contributed by atoms with van der Waals surface area (Å²) in [6.07, 6.45) is 11.3. The molecule has 294 valence electrons. The zero-order valence-corrected chi connectivity index (χ0v) is 33.6. The molecule has 0 aliphatic heterocycles. The van der Waals surface area contributed by atoms with Crippen LogP contribution in [-0.4, -0.2) is 43.6 Å². The third kappa shape index (κ3) is 5.50. The summed E-state index contributed by atoms with van der Waals surface area (Å²) < 4.78 is 6.66. The molecule has 0 spiro atoms. The second-order valence-electron chi connectivity index (χ2n) is 15.7. The normalized spacial score (nSPS) is 11.8. The largest absolute Gasteiger partial charge is 0.294 e. The fourth-order valence-electron chi connectivity index (χ4n) is 9.38. The predicted octanol–water partition coefficient (Wildman–Crippen LogP) is 12.3. The summed E-state index contributed by atoms with van der Waals surface area (Å²) in [4.78, 5) is 29.6. The van der Waals surface area contributed by atoms with Crippen LogP contribution in [0, 0.1) is 0 Å². The molecule has 9 nitrogen and oxygen atoms in total. The van der Waals surface area contributed by atoms with Gasteiger partial charge < -0.3 is 0 Å². The Balaban J connectivity index is 1.01. The maximum Gasteiger partial charge on any atom is 0.138 e. The van der Waals surface area contributed by atoms with Gasteiger partial charge in [-0.1, -0.05) is 72.8 Å². The zero-order chi connectivity index (χ0) is 41.4. The minimum Gasteiger partial charge on any atom is -0.294 e. The molecule has 0 amide bonds. The van der Waals surface area contributed by atoms with Gasteiger partial charge in [0.05, 0.1) is 50.2 Å². The van der Waals surface area contributed by atoms with Crippen molar-refractivity contribution in [3.8, 4) is 51.2 Å². The highest BCUT2D eigenvalue weighted by Crippen LogP contribution is 2.37. The fraction of sp³-hybridized carbons (Fsp3) is 0. The van der Waals surface area contributed by atoms with E-state index in [2.05, 4.69) is 192 Å². The molecule has 4 aromatic carbocycles. The van der Waals surface area contributed by atoms with E-state index in [1.807, 2.05) is 37.2 Å². The third-order valence-electron chi connectivity index (χ3n) is 12.1. The van der Waals surface area contributed by atoms with E-state index in [4.69, 9.17) is 15.0 Å². The van der Waals surface area contributed by atoms with Gasteiger partial charge in [-0.05, 0) is 91.0 Å². The number of nitrogens with zero attached hydrogens (tertiary/aromatic N) is 9. The number of benzene rings is 4. The quantitative estimate of drug-likeness (QED) is 0.166. The van der Waals surface area contributed by atoms with Crippen molar-refractivity contribution in [1.82, 2.24) is 43.6 Å². The number of hydrogen-bond acceptors (Lipinski definition) is 6. The molecule has 0 radical (unpaired) electrons. The van der Waals surface area contributed by atoms with Gasteiger partial charge in [-0.2, -0.15) is 0 Å². The van der Waals surface area contributed by atoms with Crippen molar-refractivity contribution >= 4 is 65.4 Å². The lowest BCUT2D eigenvalue weighted by Gasteiger charge is -2.14. The van der Waals surface area contributed by atoms with Gasteiger partial charge in [-0.3, -0.25) is 28.7 Å². The molecule has 0 atom stereocenters. The molecule has 0 fully saturated rings. The van der Waals surface area contributed by atoms with Gasteiger partial charge in [0.25, 0.3) is 0 Å². The summed E-state index contributed by atoms with van der Waals surface area (Å²) in [7, 11) is 0. The first kappa shape index (κ1) is 35.0. The van der Waals surface area contributed by atoms with E-state index in [0.29, 0.717) is 0 Å². The van der Waals surface area contributed by atoms with Crippen LogP contribution in [0.2, 0.25) is 0 Å². The van der Waals surface area contributed by atoms with Crippen molar-refractivity contribution in [1.29, 1.82) is 0 Å². The van der Waals surface area contributed by atoms with Crippen LogP contribution in [0.1, 0.15) is 0 Å². The average molecular weight is 808 g/mol. The highest BCUT2D eigenvalue weighted by molar-refractivity contribution is 6.10. The maximum absolute atomic E-state index is 5.39. The summed E-state index contributed by atoms with van der Waals surface area (Å²) in [5.74, 6) is 2.46. The summed E-state index contributed by atoms with van der Waals surface area (Å²) in [5.41, 5.74) is 11.7. The number of pyridine rings is 6. The molecule has 0 aliphatic rings. The SMILES string of the molecule is c1cc(-c2cc(-c3cccc(-n4c5ccccc5c5cnccc54)n3)cc(-c3cccc(-n4c5ccccc5c5cnccc54)n3)c2)nc(-n2c3ccccc3c3cnccc32)c1. The van der Waals surface area contributed by atoms with E-state index < -0.39 is 0 Å². The zero-order valence-electron chi connectivity index (χ0n) is 33.6. The van der Waals surface area contributed by atoms with Gasteiger partial charge in [0.1, 0.15) is 17.5 Å². The Hall–Kier alpha value is -8.82. The molecule has 0 unspecified atom stereocenters. The minimum absolute atomic E-state index is 0.818. The summed E-state index contributed by atoms with van der Waals surface area (Å²) >= 11 is 0. The molecule has 0 saturated carbocycles. The van der Waals surface area contributed by atoms with Crippen LogP contribution >= 0.6 is 0 Å². The molecule has 9 heterocycles. The summed E-state index contributed by atoms with van der Waals surface area (Å²) in [5, 5.41) is 6.65. The van der Waals surface area contributed by atoms with E-state index in [1.165, 1.54) is 0 Å². The Bertz CT molecular complexity index is 3370. The monoisotopic (exact) mass is 807 g/mol. The molecule has 13 rings (SSSR count). The summed E-state index contributed by atoms with van der Waals surface area (Å²) in [6, 6.07) is 56.7. The lowest BCUT2D eigenvalue weighted by molar-refractivity contribution is 1.08. The van der Waals surface area contributed by atoms with Crippen molar-refractivity contribution in [2.24, 2.45) is 0 Å². The van der Waals surface area contributed by atoms with Crippen LogP contribution in [0.4, 0.5) is 0 Å². The standard InChI is InChI=1S/C54H33N9/c1-4-16-46-37(10-1)40-31-55-25-22-49(40)61(46)52-19-7-13-43(58-52)34-28-35(44-14-8-20-53(59-44)62-47-17-5-2-11-38(47)41-32-56-26-23-50(41)62)30-36(29-34)45-15-9-21-54(60-45)63-48-18-6-3-12-39(48)42-33-57-27-24-51(42)63/h1-33H. The van der Waals surface area contributed by atoms with Crippen LogP contribution in [0.5, 0.6) is 0 Å². The molecular formula is C54H33N9. The fourth-order valence-corrected chi connectivity index (χ4v) is 9.38. The van der Waals surface area contributed by atoms with E-state index in [9.17, 15) is 0 Å². The number of rotatable bonds is 6. The molecule has 0 aliphatic carbocycles. The number of fused-ring (bicyclic) bond motifs is 9. The average Bonchev–Trinajstić information content (AvgIpc) is 4.00. The Morgan fingerprint density at radius 3 is 0.905 bits per heavy atom. The smallest absolute Gasteiger partial charge is 0.138 e. The lowest BCUT2D eigenvalue weighted by Crippen LogP contribution is -2.00. The Morgan fingerprint density at radius 1 is 0.270 bits per heavy atom. The van der Waals surface area contributed by atoms with Crippen LogP contribution in [0.25, 0.3) is 117 Å². The second kappa shape index (κ2) is 13.9. The number of hydrogen-bond donors (Lipinski definition) is 0.